The number of fused-ring (bicyclic) bond motifs is 1. The molecule has 0 aliphatic carbocycles. The Hall–Kier alpha value is -2.46. The average Bonchev–Trinajstić information content (AvgIpc) is 2.94. The molecule has 1 amide bonds. The Morgan fingerprint density at radius 3 is 3.04 bits per heavy atom. The van der Waals surface area contributed by atoms with E-state index in [2.05, 4.69) is 25.3 Å². The van der Waals surface area contributed by atoms with Crippen molar-refractivity contribution >= 4 is 50.3 Å². The minimum atomic E-state index is -0.194. The lowest BCUT2D eigenvalue weighted by molar-refractivity contribution is -0.113. The molecule has 0 atom stereocenters. The number of hydrogen-bond donors (Lipinski definition) is 2. The van der Waals surface area contributed by atoms with Crippen molar-refractivity contribution in [1.82, 2.24) is 19.9 Å². The number of thioether (sulfide) groups is 1. The van der Waals surface area contributed by atoms with Crippen LogP contribution in [0.1, 0.15) is 0 Å². The van der Waals surface area contributed by atoms with Crippen LogP contribution in [0.3, 0.4) is 0 Å². The second-order valence-electron chi connectivity index (χ2n) is 4.32. The van der Waals surface area contributed by atoms with Crippen LogP contribution in [-0.2, 0) is 4.79 Å². The van der Waals surface area contributed by atoms with Crippen LogP contribution >= 0.6 is 23.1 Å². The monoisotopic (exact) mass is 348 g/mol. The van der Waals surface area contributed by atoms with Crippen LogP contribution in [0, 0.1) is 0 Å². The lowest BCUT2D eigenvalue weighted by atomic mass is 10.3. The zero-order valence-corrected chi connectivity index (χ0v) is 13.6. The van der Waals surface area contributed by atoms with E-state index in [4.69, 9.17) is 10.5 Å². The zero-order valence-electron chi connectivity index (χ0n) is 12.0. The molecule has 0 aliphatic heterocycles. The zero-order chi connectivity index (χ0) is 16.2. The maximum Gasteiger partial charge on any atom is 0.236 e. The van der Waals surface area contributed by atoms with Crippen LogP contribution in [-0.4, -0.2) is 38.7 Å². The standard InChI is InChI=1S/C13H12N6O2S2/c1-21-7-2-3-8-9(4-7)23-13(17-8)18-10(20)5-22-12-16-6-15-11(14)19-12/h2-4,6H,5H2,1H3,(H,17,18,20)(H2,14,15,16,19). The topological polar surface area (TPSA) is 116 Å². The van der Waals surface area contributed by atoms with Crippen LogP contribution in [0.4, 0.5) is 11.1 Å². The number of rotatable bonds is 5. The molecular weight excluding hydrogens is 336 g/mol. The highest BCUT2D eigenvalue weighted by Crippen LogP contribution is 2.29. The summed E-state index contributed by atoms with van der Waals surface area (Å²) >= 11 is 2.56. The van der Waals surface area contributed by atoms with Crippen LogP contribution in [0.15, 0.2) is 29.7 Å². The Morgan fingerprint density at radius 2 is 2.26 bits per heavy atom. The third-order valence-electron chi connectivity index (χ3n) is 2.74. The third kappa shape index (κ3) is 3.85. The molecule has 2 heterocycles. The van der Waals surface area contributed by atoms with E-state index in [9.17, 15) is 4.79 Å². The maximum absolute atomic E-state index is 12.0. The van der Waals surface area contributed by atoms with Gasteiger partial charge in [0.1, 0.15) is 12.1 Å². The number of methoxy groups -OCH3 is 1. The molecule has 10 heteroatoms. The van der Waals surface area contributed by atoms with Crippen LogP contribution in [0.25, 0.3) is 10.2 Å². The molecule has 23 heavy (non-hydrogen) atoms. The number of benzene rings is 1. The quantitative estimate of drug-likeness (QED) is 0.671. The van der Waals surface area contributed by atoms with Gasteiger partial charge in [0.2, 0.25) is 11.9 Å². The second-order valence-corrected chi connectivity index (χ2v) is 6.29. The smallest absolute Gasteiger partial charge is 0.236 e. The van der Waals surface area contributed by atoms with E-state index in [1.165, 1.54) is 29.4 Å². The van der Waals surface area contributed by atoms with Crippen molar-refractivity contribution in [3.63, 3.8) is 0 Å². The third-order valence-corrected chi connectivity index (χ3v) is 4.54. The number of aromatic nitrogens is 4. The number of ether oxygens (including phenoxy) is 1. The summed E-state index contributed by atoms with van der Waals surface area (Å²) < 4.78 is 6.11. The van der Waals surface area contributed by atoms with Crippen LogP contribution < -0.4 is 15.8 Å². The summed E-state index contributed by atoms with van der Waals surface area (Å²) in [6, 6.07) is 5.56. The minimum Gasteiger partial charge on any atom is -0.497 e. The number of nitrogens with zero attached hydrogens (tertiary/aromatic N) is 4. The molecule has 8 nitrogen and oxygen atoms in total. The molecule has 118 valence electrons. The summed E-state index contributed by atoms with van der Waals surface area (Å²) in [4.78, 5) is 27.9. The van der Waals surface area contributed by atoms with E-state index >= 15 is 0 Å². The van der Waals surface area contributed by atoms with E-state index in [0.29, 0.717) is 10.3 Å². The lowest BCUT2D eigenvalue weighted by Crippen LogP contribution is -2.14. The number of amides is 1. The molecule has 0 fully saturated rings. The molecule has 0 saturated carbocycles. The number of nitrogens with two attached hydrogens (primary N) is 1. The second kappa shape index (κ2) is 6.75. The van der Waals surface area contributed by atoms with Gasteiger partial charge in [-0.1, -0.05) is 23.1 Å². The molecule has 0 radical (unpaired) electrons. The van der Waals surface area contributed by atoms with Crippen molar-refractivity contribution in [1.29, 1.82) is 0 Å². The number of nitrogens with one attached hydrogen (secondary N) is 1. The normalized spacial score (nSPS) is 10.7. The van der Waals surface area contributed by atoms with Crippen LogP contribution in [0.5, 0.6) is 5.75 Å². The van der Waals surface area contributed by atoms with Gasteiger partial charge in [-0.05, 0) is 18.2 Å². The van der Waals surface area contributed by atoms with Crippen molar-refractivity contribution in [2.45, 2.75) is 5.16 Å². The molecule has 3 N–H and O–H groups in total. The SMILES string of the molecule is COc1ccc2nc(NC(=O)CSc3ncnc(N)n3)sc2c1. The van der Waals surface area contributed by atoms with Gasteiger partial charge in [-0.3, -0.25) is 4.79 Å². The molecule has 0 saturated heterocycles. The fourth-order valence-corrected chi connectivity index (χ4v) is 3.26. The number of thiazole rings is 1. The van der Waals surface area contributed by atoms with Gasteiger partial charge in [-0.2, -0.15) is 4.98 Å². The predicted octanol–water partition coefficient (Wildman–Crippen LogP) is 1.80. The number of anilines is 2. The molecule has 3 rings (SSSR count). The van der Waals surface area contributed by atoms with Gasteiger partial charge in [0.15, 0.2) is 10.3 Å². The van der Waals surface area contributed by atoms with Crippen molar-refractivity contribution in [2.24, 2.45) is 0 Å². The summed E-state index contributed by atoms with van der Waals surface area (Å²) in [6.07, 6.45) is 1.31. The van der Waals surface area contributed by atoms with Crippen molar-refractivity contribution < 1.29 is 9.53 Å². The van der Waals surface area contributed by atoms with Crippen LogP contribution in [0.2, 0.25) is 0 Å². The van der Waals surface area contributed by atoms with E-state index < -0.39 is 0 Å². The van der Waals surface area contributed by atoms with Crippen molar-refractivity contribution in [2.75, 3.05) is 23.9 Å². The number of nitrogen functional groups attached to an aromatic ring is 1. The lowest BCUT2D eigenvalue weighted by Gasteiger charge is -2.00. The van der Waals surface area contributed by atoms with Gasteiger partial charge >= 0.3 is 0 Å². The van der Waals surface area contributed by atoms with Crippen molar-refractivity contribution in [3.8, 4) is 5.75 Å². The highest BCUT2D eigenvalue weighted by atomic mass is 32.2. The summed E-state index contributed by atoms with van der Waals surface area (Å²) in [5.41, 5.74) is 6.27. The Kier molecular flexibility index (Phi) is 4.53. The van der Waals surface area contributed by atoms with E-state index in [0.717, 1.165) is 16.0 Å². The fraction of sp³-hybridized carbons (Fsp3) is 0.154. The van der Waals surface area contributed by atoms with Gasteiger partial charge < -0.3 is 15.8 Å². The van der Waals surface area contributed by atoms with Gasteiger partial charge in [-0.25, -0.2) is 15.0 Å². The Morgan fingerprint density at radius 1 is 1.39 bits per heavy atom. The summed E-state index contributed by atoms with van der Waals surface area (Å²) in [6.45, 7) is 0. The minimum absolute atomic E-state index is 0.128. The van der Waals surface area contributed by atoms with E-state index in [1.54, 1.807) is 7.11 Å². The highest BCUT2D eigenvalue weighted by Gasteiger charge is 2.10. The molecule has 1 aromatic carbocycles. The van der Waals surface area contributed by atoms with Gasteiger partial charge in [0.05, 0.1) is 23.1 Å². The largest absolute Gasteiger partial charge is 0.497 e. The Labute approximate surface area is 139 Å². The highest BCUT2D eigenvalue weighted by molar-refractivity contribution is 7.99. The molecule has 0 aliphatic rings. The molecule has 0 unspecified atom stereocenters. The fourth-order valence-electron chi connectivity index (χ4n) is 1.73. The maximum atomic E-state index is 12.0. The molecule has 2 aromatic heterocycles. The molecule has 0 spiro atoms. The Bertz CT molecular complexity index is 853. The van der Waals surface area contributed by atoms with Gasteiger partial charge in [0, 0.05) is 0 Å². The summed E-state index contributed by atoms with van der Waals surface area (Å²) in [7, 11) is 1.61. The molecule has 0 bridgehead atoms. The summed E-state index contributed by atoms with van der Waals surface area (Å²) in [5, 5.41) is 3.70. The summed E-state index contributed by atoms with van der Waals surface area (Å²) in [5.74, 6) is 0.841. The first-order chi connectivity index (χ1) is 11.1. The molecular formula is C13H12N6O2S2. The van der Waals surface area contributed by atoms with E-state index in [-0.39, 0.29) is 17.6 Å². The van der Waals surface area contributed by atoms with Gasteiger partial charge in [0.25, 0.3) is 0 Å². The predicted molar refractivity (Wildman–Crippen MR) is 89.8 cm³/mol. The first-order valence-corrected chi connectivity index (χ1v) is 8.26. The first kappa shape index (κ1) is 15.4. The number of hydrogen-bond acceptors (Lipinski definition) is 9. The first-order valence-electron chi connectivity index (χ1n) is 6.46. The van der Waals surface area contributed by atoms with Gasteiger partial charge in [-0.15, -0.1) is 0 Å². The Balaban J connectivity index is 1.63. The average molecular weight is 348 g/mol. The van der Waals surface area contributed by atoms with Crippen molar-refractivity contribution in [3.05, 3.63) is 24.5 Å². The van der Waals surface area contributed by atoms with E-state index in [1.807, 2.05) is 18.2 Å². The number of carbonyl (C=O) groups excluding carboxylic acids is 1. The molecule has 3 aromatic rings. The number of carbonyl (C=O) groups is 1.